The second-order valence-corrected chi connectivity index (χ2v) is 6.38. The first-order valence-electron chi connectivity index (χ1n) is 8.14. The van der Waals surface area contributed by atoms with Gasteiger partial charge in [0, 0.05) is 27.2 Å². The first-order chi connectivity index (χ1) is 11.3. The quantitative estimate of drug-likeness (QED) is 0.522. The summed E-state index contributed by atoms with van der Waals surface area (Å²) in [7, 11) is 5.05. The molecule has 3 N–H and O–H groups in total. The number of hydrogen-bond donors (Lipinski definition) is 3. The first kappa shape index (κ1) is 19.8. The molecule has 6 nitrogen and oxygen atoms in total. The van der Waals surface area contributed by atoms with Crippen molar-refractivity contribution < 1.29 is 9.53 Å². The molecule has 24 heavy (non-hydrogen) atoms. The molecule has 1 aromatic rings. The lowest BCUT2D eigenvalue weighted by Gasteiger charge is -2.24. The van der Waals surface area contributed by atoms with Crippen molar-refractivity contribution in [3.05, 3.63) is 29.3 Å². The van der Waals surface area contributed by atoms with Crippen molar-refractivity contribution >= 4 is 11.9 Å². The number of amides is 1. The molecular weight excluding hydrogens is 304 g/mol. The lowest BCUT2D eigenvalue weighted by atomic mass is 9.92. The molecule has 0 bridgehead atoms. The van der Waals surface area contributed by atoms with E-state index in [1.165, 1.54) is 5.56 Å². The summed E-state index contributed by atoms with van der Waals surface area (Å²) in [6.07, 6.45) is 0.824. The summed E-state index contributed by atoms with van der Waals surface area (Å²) in [6, 6.07) is 6.16. The van der Waals surface area contributed by atoms with Crippen LogP contribution in [0.25, 0.3) is 0 Å². The molecule has 0 aliphatic carbocycles. The monoisotopic (exact) mass is 334 g/mol. The Labute approximate surface area is 145 Å². The average Bonchev–Trinajstić information content (AvgIpc) is 2.57. The molecule has 0 spiro atoms. The van der Waals surface area contributed by atoms with Crippen LogP contribution in [0.3, 0.4) is 0 Å². The summed E-state index contributed by atoms with van der Waals surface area (Å²) in [4.78, 5) is 16.0. The highest BCUT2D eigenvalue weighted by molar-refractivity contribution is 5.84. The summed E-state index contributed by atoms with van der Waals surface area (Å²) >= 11 is 0. The summed E-state index contributed by atoms with van der Waals surface area (Å²) in [5.41, 5.74) is 1.86. The highest BCUT2D eigenvalue weighted by Crippen LogP contribution is 2.19. The van der Waals surface area contributed by atoms with E-state index in [-0.39, 0.29) is 5.91 Å². The third kappa shape index (κ3) is 5.76. The van der Waals surface area contributed by atoms with Gasteiger partial charge in [0.1, 0.15) is 5.75 Å². The van der Waals surface area contributed by atoms with Gasteiger partial charge >= 0.3 is 0 Å². The van der Waals surface area contributed by atoms with Crippen LogP contribution in [-0.4, -0.2) is 46.2 Å². The van der Waals surface area contributed by atoms with Gasteiger partial charge in [0.05, 0.1) is 12.5 Å². The standard InChI is InChI=1S/C18H30N4O2/c1-13-7-8-15(24-6)14(11-13)9-10-21-17(20-5)22-12-18(2,3)16(23)19-4/h7-8,11H,9-10,12H2,1-6H3,(H,19,23)(H2,20,21,22). The Morgan fingerprint density at radius 1 is 1.29 bits per heavy atom. The van der Waals surface area contributed by atoms with E-state index < -0.39 is 5.41 Å². The zero-order valence-corrected chi connectivity index (χ0v) is 15.6. The van der Waals surface area contributed by atoms with Crippen molar-refractivity contribution in [2.45, 2.75) is 27.2 Å². The molecule has 0 unspecified atom stereocenters. The fourth-order valence-corrected chi connectivity index (χ4v) is 2.36. The normalized spacial score (nSPS) is 11.8. The molecule has 0 saturated carbocycles. The number of carbonyl (C=O) groups excluding carboxylic acids is 1. The maximum Gasteiger partial charge on any atom is 0.227 e. The van der Waals surface area contributed by atoms with E-state index >= 15 is 0 Å². The Morgan fingerprint density at radius 3 is 2.58 bits per heavy atom. The molecule has 1 rings (SSSR count). The maximum absolute atomic E-state index is 11.8. The Balaban J connectivity index is 2.54. The van der Waals surface area contributed by atoms with Gasteiger partial charge in [-0.1, -0.05) is 17.7 Å². The smallest absolute Gasteiger partial charge is 0.227 e. The Morgan fingerprint density at radius 2 is 2.00 bits per heavy atom. The summed E-state index contributed by atoms with van der Waals surface area (Å²) in [6.45, 7) is 7.07. The van der Waals surface area contributed by atoms with Crippen LogP contribution in [0.2, 0.25) is 0 Å². The van der Waals surface area contributed by atoms with Gasteiger partial charge in [0.2, 0.25) is 5.91 Å². The SMILES string of the molecule is CN=C(NCCc1cc(C)ccc1OC)NCC(C)(C)C(=O)NC. The van der Waals surface area contributed by atoms with Crippen molar-refractivity contribution in [3.63, 3.8) is 0 Å². The zero-order valence-electron chi connectivity index (χ0n) is 15.6. The fraction of sp³-hybridized carbons (Fsp3) is 0.556. The van der Waals surface area contributed by atoms with Crippen LogP contribution in [0.1, 0.15) is 25.0 Å². The Bertz CT molecular complexity index is 582. The Kier molecular flexibility index (Phi) is 7.55. The number of nitrogens with zero attached hydrogens (tertiary/aromatic N) is 1. The summed E-state index contributed by atoms with van der Waals surface area (Å²) in [5.74, 6) is 1.57. The second kappa shape index (κ2) is 9.15. The van der Waals surface area contributed by atoms with Crippen LogP contribution in [0.4, 0.5) is 0 Å². The molecule has 6 heteroatoms. The molecule has 0 saturated heterocycles. The minimum Gasteiger partial charge on any atom is -0.496 e. The van der Waals surface area contributed by atoms with Crippen molar-refractivity contribution in [3.8, 4) is 5.75 Å². The largest absolute Gasteiger partial charge is 0.496 e. The van der Waals surface area contributed by atoms with Gasteiger partial charge in [0.15, 0.2) is 5.96 Å². The lowest BCUT2D eigenvalue weighted by Crippen LogP contribution is -2.47. The van der Waals surface area contributed by atoms with E-state index in [9.17, 15) is 4.79 Å². The molecule has 134 valence electrons. The molecule has 1 amide bonds. The van der Waals surface area contributed by atoms with Crippen molar-refractivity contribution in [2.75, 3.05) is 34.3 Å². The third-order valence-corrected chi connectivity index (χ3v) is 3.89. The van der Waals surface area contributed by atoms with Gasteiger partial charge in [0.25, 0.3) is 0 Å². The third-order valence-electron chi connectivity index (χ3n) is 3.89. The van der Waals surface area contributed by atoms with Gasteiger partial charge < -0.3 is 20.7 Å². The van der Waals surface area contributed by atoms with Crippen LogP contribution in [0.15, 0.2) is 23.2 Å². The van der Waals surface area contributed by atoms with Crippen molar-refractivity contribution in [2.24, 2.45) is 10.4 Å². The highest BCUT2D eigenvalue weighted by atomic mass is 16.5. The van der Waals surface area contributed by atoms with Crippen molar-refractivity contribution in [1.82, 2.24) is 16.0 Å². The van der Waals surface area contributed by atoms with E-state index in [0.717, 1.165) is 24.3 Å². The van der Waals surface area contributed by atoms with Gasteiger partial charge in [-0.25, -0.2) is 0 Å². The van der Waals surface area contributed by atoms with Gasteiger partial charge in [-0.3, -0.25) is 9.79 Å². The number of guanidine groups is 1. The number of benzene rings is 1. The van der Waals surface area contributed by atoms with E-state index in [1.807, 2.05) is 26.0 Å². The van der Waals surface area contributed by atoms with Crippen molar-refractivity contribution in [1.29, 1.82) is 0 Å². The molecule has 1 aromatic carbocycles. The number of hydrogen-bond acceptors (Lipinski definition) is 3. The number of rotatable bonds is 7. The lowest BCUT2D eigenvalue weighted by molar-refractivity contribution is -0.128. The average molecular weight is 334 g/mol. The molecule has 0 aliphatic rings. The minimum absolute atomic E-state index is 0.00468. The van der Waals surface area contributed by atoms with Crippen LogP contribution in [0.5, 0.6) is 5.75 Å². The number of aryl methyl sites for hydroxylation is 1. The molecule has 0 atom stereocenters. The fourth-order valence-electron chi connectivity index (χ4n) is 2.36. The number of nitrogens with one attached hydrogen (secondary N) is 3. The van der Waals surface area contributed by atoms with Crippen LogP contribution < -0.4 is 20.7 Å². The van der Waals surface area contributed by atoms with E-state index in [1.54, 1.807) is 21.2 Å². The summed E-state index contributed by atoms with van der Waals surface area (Å²) < 4.78 is 5.40. The summed E-state index contributed by atoms with van der Waals surface area (Å²) in [5, 5.41) is 9.14. The molecule has 0 radical (unpaired) electrons. The zero-order chi connectivity index (χ0) is 18.2. The van der Waals surface area contributed by atoms with Crippen LogP contribution in [-0.2, 0) is 11.2 Å². The van der Waals surface area contributed by atoms with Gasteiger partial charge in [-0.05, 0) is 38.8 Å². The number of methoxy groups -OCH3 is 1. The Hall–Kier alpha value is -2.24. The number of aliphatic imine (C=N–C) groups is 1. The van der Waals surface area contributed by atoms with E-state index in [0.29, 0.717) is 12.5 Å². The second-order valence-electron chi connectivity index (χ2n) is 6.38. The molecule has 0 heterocycles. The highest BCUT2D eigenvalue weighted by Gasteiger charge is 2.26. The number of ether oxygens (including phenoxy) is 1. The topological polar surface area (TPSA) is 74.8 Å². The molecule has 0 aromatic heterocycles. The predicted octanol–water partition coefficient (Wildman–Crippen LogP) is 1.48. The molecule has 0 fully saturated rings. The number of carbonyl (C=O) groups is 1. The maximum atomic E-state index is 11.8. The minimum atomic E-state index is -0.508. The first-order valence-corrected chi connectivity index (χ1v) is 8.14. The molecular formula is C18H30N4O2. The molecule has 0 aliphatic heterocycles. The predicted molar refractivity (Wildman–Crippen MR) is 98.6 cm³/mol. The van der Waals surface area contributed by atoms with Gasteiger partial charge in [-0.15, -0.1) is 0 Å². The van der Waals surface area contributed by atoms with E-state index in [4.69, 9.17) is 4.74 Å². The van der Waals surface area contributed by atoms with E-state index in [2.05, 4.69) is 33.9 Å². The van der Waals surface area contributed by atoms with Crippen LogP contribution in [0, 0.1) is 12.3 Å². The van der Waals surface area contributed by atoms with Gasteiger partial charge in [-0.2, -0.15) is 0 Å². The van der Waals surface area contributed by atoms with Crippen LogP contribution >= 0.6 is 0 Å².